The van der Waals surface area contributed by atoms with Crippen LogP contribution in [0.25, 0.3) is 0 Å². The third-order valence-corrected chi connectivity index (χ3v) is 2.89. The lowest BCUT2D eigenvalue weighted by molar-refractivity contribution is -0.137. The van der Waals surface area contributed by atoms with Crippen LogP contribution in [0.15, 0.2) is 12.2 Å². The van der Waals surface area contributed by atoms with Gasteiger partial charge in [0, 0.05) is 18.2 Å². The predicted molar refractivity (Wildman–Crippen MR) is 60.6 cm³/mol. The van der Waals surface area contributed by atoms with Crippen molar-refractivity contribution in [2.24, 2.45) is 0 Å². The maximum absolute atomic E-state index is 11.0. The van der Waals surface area contributed by atoms with Crippen LogP contribution in [0.1, 0.15) is 39.5 Å². The fourth-order valence-electron chi connectivity index (χ4n) is 1.98. The van der Waals surface area contributed by atoms with Gasteiger partial charge in [-0.15, -0.1) is 0 Å². The molecule has 0 atom stereocenters. The summed E-state index contributed by atoms with van der Waals surface area (Å²) in [6, 6.07) is 0. The summed E-state index contributed by atoms with van der Waals surface area (Å²) in [6.07, 6.45) is 8.42. The molecule has 0 aliphatic heterocycles. The van der Waals surface area contributed by atoms with Crippen LogP contribution in [0.4, 0.5) is 0 Å². The Bertz CT molecular complexity index is 230. The molecule has 1 aliphatic carbocycles. The highest BCUT2D eigenvalue weighted by Gasteiger charge is 2.26. The first-order valence-electron chi connectivity index (χ1n) is 5.74. The van der Waals surface area contributed by atoms with E-state index in [9.17, 15) is 4.79 Å². The van der Waals surface area contributed by atoms with Crippen molar-refractivity contribution in [3.63, 3.8) is 0 Å². The van der Waals surface area contributed by atoms with E-state index in [2.05, 4.69) is 12.2 Å². The van der Waals surface area contributed by atoms with Gasteiger partial charge in [0.05, 0.1) is 6.61 Å². The van der Waals surface area contributed by atoms with Crippen molar-refractivity contribution < 1.29 is 9.53 Å². The van der Waals surface area contributed by atoms with Crippen molar-refractivity contribution in [1.82, 2.24) is 5.32 Å². The van der Waals surface area contributed by atoms with Crippen LogP contribution in [0, 0.1) is 0 Å². The molecule has 0 aromatic heterocycles. The van der Waals surface area contributed by atoms with Crippen molar-refractivity contribution in [1.29, 1.82) is 0 Å². The summed E-state index contributed by atoms with van der Waals surface area (Å²) in [4.78, 5) is 11.0. The van der Waals surface area contributed by atoms with Crippen LogP contribution < -0.4 is 5.32 Å². The number of ether oxygens (including phenoxy) is 1. The average Bonchev–Trinajstić information content (AvgIpc) is 2.61. The lowest BCUT2D eigenvalue weighted by Gasteiger charge is -2.24. The minimum Gasteiger partial charge on any atom is -0.463 e. The lowest BCUT2D eigenvalue weighted by atomic mass is 10.0. The molecule has 0 aromatic carbocycles. The highest BCUT2D eigenvalue weighted by atomic mass is 16.5. The Morgan fingerprint density at radius 3 is 2.73 bits per heavy atom. The molecule has 1 fully saturated rings. The minimum atomic E-state index is -0.254. The highest BCUT2D eigenvalue weighted by Crippen LogP contribution is 2.28. The number of carbonyl (C=O) groups excluding carboxylic acids is 1. The van der Waals surface area contributed by atoms with E-state index in [4.69, 9.17) is 4.74 Å². The Morgan fingerprint density at radius 2 is 2.13 bits per heavy atom. The van der Waals surface area contributed by atoms with E-state index < -0.39 is 0 Å². The second kappa shape index (κ2) is 5.91. The molecule has 1 aliphatic rings. The zero-order valence-corrected chi connectivity index (χ0v) is 9.71. The first-order chi connectivity index (χ1) is 7.16. The number of hydrogen-bond acceptors (Lipinski definition) is 3. The Kier molecular flexibility index (Phi) is 4.82. The summed E-state index contributed by atoms with van der Waals surface area (Å²) in [5, 5.41) is 3.46. The topological polar surface area (TPSA) is 38.3 Å². The zero-order chi connectivity index (χ0) is 11.1. The molecule has 0 bridgehead atoms. The average molecular weight is 211 g/mol. The largest absolute Gasteiger partial charge is 0.463 e. The third-order valence-electron chi connectivity index (χ3n) is 2.89. The predicted octanol–water partition coefficient (Wildman–Crippen LogP) is 2.03. The molecule has 15 heavy (non-hydrogen) atoms. The quantitative estimate of drug-likeness (QED) is 0.558. The summed E-state index contributed by atoms with van der Waals surface area (Å²) in [6.45, 7) is 5.24. The van der Waals surface area contributed by atoms with E-state index in [-0.39, 0.29) is 11.5 Å². The van der Waals surface area contributed by atoms with Crippen LogP contribution >= 0.6 is 0 Å². The maximum atomic E-state index is 11.0. The van der Waals surface area contributed by atoms with E-state index in [0.717, 1.165) is 6.54 Å². The fraction of sp³-hybridized carbons (Fsp3) is 0.750. The second-order valence-corrected chi connectivity index (χ2v) is 4.30. The molecule has 0 radical (unpaired) electrons. The Labute approximate surface area is 91.9 Å². The van der Waals surface area contributed by atoms with Crippen molar-refractivity contribution in [2.75, 3.05) is 13.2 Å². The van der Waals surface area contributed by atoms with E-state index in [1.165, 1.54) is 31.8 Å². The normalized spacial score (nSPS) is 19.6. The van der Waals surface area contributed by atoms with Gasteiger partial charge in [0.2, 0.25) is 0 Å². The van der Waals surface area contributed by atoms with Gasteiger partial charge in [0.25, 0.3) is 0 Å². The van der Waals surface area contributed by atoms with Crippen LogP contribution in [0.5, 0.6) is 0 Å². The summed E-state index contributed by atoms with van der Waals surface area (Å²) in [5.74, 6) is -0.254. The van der Waals surface area contributed by atoms with Gasteiger partial charge in [-0.3, -0.25) is 0 Å². The molecule has 3 heteroatoms. The third kappa shape index (κ3) is 4.47. The van der Waals surface area contributed by atoms with Crippen molar-refractivity contribution in [3.05, 3.63) is 12.2 Å². The summed E-state index contributed by atoms with van der Waals surface area (Å²) >= 11 is 0. The van der Waals surface area contributed by atoms with E-state index in [1.54, 1.807) is 0 Å². The van der Waals surface area contributed by atoms with Crippen LogP contribution in [0.3, 0.4) is 0 Å². The molecule has 86 valence electrons. The van der Waals surface area contributed by atoms with Crippen LogP contribution in [-0.4, -0.2) is 24.7 Å². The maximum Gasteiger partial charge on any atom is 0.330 e. The Balaban J connectivity index is 2.17. The molecule has 1 rings (SSSR count). The SMILES string of the molecule is CCOC(=O)/C=C/CNC1(C)CCCC1. The summed E-state index contributed by atoms with van der Waals surface area (Å²) in [5.41, 5.74) is 0.277. The van der Waals surface area contributed by atoms with E-state index >= 15 is 0 Å². The molecule has 0 amide bonds. The standard InChI is InChI=1S/C12H21NO2/c1-3-15-11(14)7-6-10-13-12(2)8-4-5-9-12/h6-7,13H,3-5,8-10H2,1-2H3/b7-6+. The van der Waals surface area contributed by atoms with Gasteiger partial charge in [0.15, 0.2) is 0 Å². The van der Waals surface area contributed by atoms with Gasteiger partial charge >= 0.3 is 5.97 Å². The summed E-state index contributed by atoms with van der Waals surface area (Å²) < 4.78 is 4.79. The van der Waals surface area contributed by atoms with Gasteiger partial charge in [-0.05, 0) is 26.7 Å². The van der Waals surface area contributed by atoms with Gasteiger partial charge in [-0.2, -0.15) is 0 Å². The Hall–Kier alpha value is -0.830. The fourth-order valence-corrected chi connectivity index (χ4v) is 1.98. The lowest BCUT2D eigenvalue weighted by Crippen LogP contribution is -2.39. The number of rotatable bonds is 5. The molecule has 0 aromatic rings. The highest BCUT2D eigenvalue weighted by molar-refractivity contribution is 5.81. The smallest absolute Gasteiger partial charge is 0.330 e. The number of hydrogen-bond donors (Lipinski definition) is 1. The molecular weight excluding hydrogens is 190 g/mol. The Morgan fingerprint density at radius 1 is 1.47 bits per heavy atom. The van der Waals surface area contributed by atoms with Crippen LogP contribution in [-0.2, 0) is 9.53 Å². The molecule has 3 nitrogen and oxygen atoms in total. The van der Waals surface area contributed by atoms with Gasteiger partial charge in [0.1, 0.15) is 0 Å². The van der Waals surface area contributed by atoms with Crippen molar-refractivity contribution in [2.45, 2.75) is 45.1 Å². The van der Waals surface area contributed by atoms with Crippen molar-refractivity contribution >= 4 is 5.97 Å². The molecule has 0 spiro atoms. The molecular formula is C12H21NO2. The first kappa shape index (κ1) is 12.2. The molecule has 0 unspecified atom stereocenters. The summed E-state index contributed by atoms with van der Waals surface area (Å²) in [7, 11) is 0. The van der Waals surface area contributed by atoms with Gasteiger partial charge in [-0.25, -0.2) is 4.79 Å². The van der Waals surface area contributed by atoms with Gasteiger partial charge < -0.3 is 10.1 Å². The van der Waals surface area contributed by atoms with Crippen molar-refractivity contribution in [3.8, 4) is 0 Å². The second-order valence-electron chi connectivity index (χ2n) is 4.30. The molecule has 1 N–H and O–H groups in total. The molecule has 0 heterocycles. The van der Waals surface area contributed by atoms with Crippen LogP contribution in [0.2, 0.25) is 0 Å². The monoisotopic (exact) mass is 211 g/mol. The molecule has 0 saturated heterocycles. The minimum absolute atomic E-state index is 0.254. The van der Waals surface area contributed by atoms with E-state index in [0.29, 0.717) is 6.61 Å². The van der Waals surface area contributed by atoms with E-state index in [1.807, 2.05) is 13.0 Å². The number of carbonyl (C=O) groups is 1. The molecule has 1 saturated carbocycles. The van der Waals surface area contributed by atoms with Gasteiger partial charge in [-0.1, -0.05) is 18.9 Å². The number of nitrogens with one attached hydrogen (secondary N) is 1. The zero-order valence-electron chi connectivity index (χ0n) is 9.71. The number of esters is 1. The first-order valence-corrected chi connectivity index (χ1v) is 5.74.